The number of benzene rings is 1. The van der Waals surface area contributed by atoms with Crippen molar-refractivity contribution in [3.05, 3.63) is 30.3 Å². The minimum atomic E-state index is -0.0276. The molecule has 0 spiro atoms. The lowest BCUT2D eigenvalue weighted by atomic mass is 10.2. The zero-order valence-corrected chi connectivity index (χ0v) is 9.46. The molecular formula is C11H14N2OS. The third-order valence-electron chi connectivity index (χ3n) is 2.49. The van der Waals surface area contributed by atoms with Crippen molar-refractivity contribution in [2.24, 2.45) is 0 Å². The Morgan fingerprint density at radius 1 is 1.47 bits per heavy atom. The van der Waals surface area contributed by atoms with E-state index >= 15 is 0 Å². The van der Waals surface area contributed by atoms with E-state index in [0.29, 0.717) is 0 Å². The number of rotatable bonds is 2. The summed E-state index contributed by atoms with van der Waals surface area (Å²) in [6, 6.07) is 9.69. The molecule has 0 radical (unpaired) electrons. The van der Waals surface area contributed by atoms with Crippen LogP contribution in [0.25, 0.3) is 0 Å². The second kappa shape index (κ2) is 4.68. The number of carbonyl (C=O) groups excluding carboxylic acids is 1. The number of amides is 1. The van der Waals surface area contributed by atoms with Crippen molar-refractivity contribution in [2.75, 3.05) is 23.6 Å². The van der Waals surface area contributed by atoms with Crippen LogP contribution >= 0.6 is 11.8 Å². The Hall–Kier alpha value is -1.00. The largest absolute Gasteiger partial charge is 0.314 e. The first-order valence-corrected chi connectivity index (χ1v) is 6.08. The monoisotopic (exact) mass is 222 g/mol. The zero-order chi connectivity index (χ0) is 10.7. The summed E-state index contributed by atoms with van der Waals surface area (Å²) in [7, 11) is 1.82. The molecule has 3 nitrogen and oxygen atoms in total. The first-order chi connectivity index (χ1) is 7.29. The van der Waals surface area contributed by atoms with Gasteiger partial charge in [0.15, 0.2) is 0 Å². The fourth-order valence-electron chi connectivity index (χ4n) is 1.57. The van der Waals surface area contributed by atoms with E-state index in [0.717, 1.165) is 17.3 Å². The summed E-state index contributed by atoms with van der Waals surface area (Å²) in [6.45, 7) is 0. The predicted octanol–water partition coefficient (Wildman–Crippen LogP) is 1.31. The molecule has 0 bridgehead atoms. The van der Waals surface area contributed by atoms with Gasteiger partial charge in [-0.15, -0.1) is 11.8 Å². The Kier molecular flexibility index (Phi) is 3.28. The second-order valence-corrected chi connectivity index (χ2v) is 4.53. The van der Waals surface area contributed by atoms with Crippen LogP contribution in [0.5, 0.6) is 0 Å². The summed E-state index contributed by atoms with van der Waals surface area (Å²) in [5.74, 6) is 1.89. The Labute approximate surface area is 93.8 Å². The predicted molar refractivity (Wildman–Crippen MR) is 64.1 cm³/mol. The number of carbonyl (C=O) groups is 1. The lowest BCUT2D eigenvalue weighted by molar-refractivity contribution is -0.119. The molecule has 4 heteroatoms. The van der Waals surface area contributed by atoms with Crippen LogP contribution in [0.4, 0.5) is 5.69 Å². The summed E-state index contributed by atoms with van der Waals surface area (Å²) in [4.78, 5) is 13.7. The zero-order valence-electron chi connectivity index (χ0n) is 8.64. The molecule has 0 aromatic heterocycles. The maximum absolute atomic E-state index is 12.0. The van der Waals surface area contributed by atoms with Crippen molar-refractivity contribution in [1.82, 2.24) is 5.32 Å². The molecule has 1 aromatic rings. The average Bonchev–Trinajstić information content (AvgIpc) is 2.82. The van der Waals surface area contributed by atoms with Crippen LogP contribution in [0, 0.1) is 0 Å². The van der Waals surface area contributed by atoms with Gasteiger partial charge in [0, 0.05) is 24.4 Å². The third-order valence-corrected chi connectivity index (χ3v) is 3.43. The average molecular weight is 222 g/mol. The lowest BCUT2D eigenvalue weighted by Gasteiger charge is -2.20. The number of thioether (sulfide) groups is 1. The topological polar surface area (TPSA) is 32.3 Å². The molecule has 0 aliphatic carbocycles. The van der Waals surface area contributed by atoms with Crippen LogP contribution in [0.15, 0.2) is 30.3 Å². The Morgan fingerprint density at radius 3 is 2.80 bits per heavy atom. The maximum atomic E-state index is 12.0. The molecule has 1 saturated heterocycles. The summed E-state index contributed by atoms with van der Waals surface area (Å²) in [5, 5.41) is 3.18. The van der Waals surface area contributed by atoms with E-state index < -0.39 is 0 Å². The first-order valence-electron chi connectivity index (χ1n) is 4.93. The summed E-state index contributed by atoms with van der Waals surface area (Å²) in [6.07, 6.45) is 0. The van der Waals surface area contributed by atoms with E-state index in [4.69, 9.17) is 0 Å². The highest BCUT2D eigenvalue weighted by molar-refractivity contribution is 7.99. The molecule has 1 amide bonds. The smallest absolute Gasteiger partial charge is 0.244 e. The van der Waals surface area contributed by atoms with Crippen molar-refractivity contribution in [3.63, 3.8) is 0 Å². The van der Waals surface area contributed by atoms with Gasteiger partial charge in [-0.05, 0) is 12.1 Å². The fraction of sp³-hybridized carbons (Fsp3) is 0.364. The molecular weight excluding hydrogens is 208 g/mol. The molecule has 1 aliphatic heterocycles. The SMILES string of the molecule is CN(C(=O)[C@H]1CSCN1)c1ccccc1. The number of hydrogen-bond donors (Lipinski definition) is 1. The van der Waals surface area contributed by atoms with Gasteiger partial charge in [-0.1, -0.05) is 18.2 Å². The number of nitrogens with zero attached hydrogens (tertiary/aromatic N) is 1. The fourth-order valence-corrected chi connectivity index (χ4v) is 2.50. The third kappa shape index (κ3) is 2.33. The van der Waals surface area contributed by atoms with Crippen molar-refractivity contribution < 1.29 is 4.79 Å². The second-order valence-electron chi connectivity index (χ2n) is 3.50. The van der Waals surface area contributed by atoms with Gasteiger partial charge in [0.1, 0.15) is 0 Å². The molecule has 2 rings (SSSR count). The van der Waals surface area contributed by atoms with E-state index in [1.54, 1.807) is 16.7 Å². The Morgan fingerprint density at radius 2 is 2.20 bits per heavy atom. The van der Waals surface area contributed by atoms with Crippen LogP contribution in [-0.4, -0.2) is 30.6 Å². The van der Waals surface area contributed by atoms with Crippen LogP contribution in [0.1, 0.15) is 0 Å². The van der Waals surface area contributed by atoms with Gasteiger partial charge >= 0.3 is 0 Å². The van der Waals surface area contributed by atoms with Crippen LogP contribution in [-0.2, 0) is 4.79 Å². The molecule has 0 saturated carbocycles. The van der Waals surface area contributed by atoms with Crippen molar-refractivity contribution in [1.29, 1.82) is 0 Å². The van der Waals surface area contributed by atoms with Gasteiger partial charge in [0.2, 0.25) is 5.91 Å². The molecule has 1 heterocycles. The number of anilines is 1. The summed E-state index contributed by atoms with van der Waals surface area (Å²) in [5.41, 5.74) is 0.946. The van der Waals surface area contributed by atoms with Gasteiger partial charge in [-0.2, -0.15) is 0 Å². The quantitative estimate of drug-likeness (QED) is 0.819. The number of nitrogens with one attached hydrogen (secondary N) is 1. The van der Waals surface area contributed by atoms with E-state index in [1.807, 2.05) is 37.4 Å². The van der Waals surface area contributed by atoms with Crippen molar-refractivity contribution >= 4 is 23.4 Å². The molecule has 0 unspecified atom stereocenters. The first kappa shape index (κ1) is 10.5. The van der Waals surface area contributed by atoms with E-state index in [2.05, 4.69) is 5.32 Å². The highest BCUT2D eigenvalue weighted by Crippen LogP contribution is 2.16. The van der Waals surface area contributed by atoms with Gasteiger partial charge < -0.3 is 4.90 Å². The van der Waals surface area contributed by atoms with Crippen LogP contribution in [0.3, 0.4) is 0 Å². The van der Waals surface area contributed by atoms with E-state index in [1.165, 1.54) is 0 Å². The molecule has 1 aromatic carbocycles. The molecule has 1 fully saturated rings. The van der Waals surface area contributed by atoms with Crippen LogP contribution in [0.2, 0.25) is 0 Å². The minimum Gasteiger partial charge on any atom is -0.314 e. The maximum Gasteiger partial charge on any atom is 0.244 e. The minimum absolute atomic E-state index is 0.0276. The standard InChI is InChI=1S/C11H14N2OS/c1-13(9-5-3-2-4-6-9)11(14)10-7-15-8-12-10/h2-6,10,12H,7-8H2,1H3/t10-/m1/s1. The van der Waals surface area contributed by atoms with Gasteiger partial charge in [-0.25, -0.2) is 0 Å². The highest BCUT2D eigenvalue weighted by atomic mass is 32.2. The van der Waals surface area contributed by atoms with Gasteiger partial charge in [-0.3, -0.25) is 10.1 Å². The molecule has 15 heavy (non-hydrogen) atoms. The van der Waals surface area contributed by atoms with Gasteiger partial charge in [0.25, 0.3) is 0 Å². The number of likely N-dealkylation sites (N-methyl/N-ethyl adjacent to an activating group) is 1. The van der Waals surface area contributed by atoms with E-state index in [-0.39, 0.29) is 11.9 Å². The van der Waals surface area contributed by atoms with Gasteiger partial charge in [0.05, 0.1) is 6.04 Å². The Balaban J connectivity index is 2.07. The van der Waals surface area contributed by atoms with Crippen LogP contribution < -0.4 is 10.2 Å². The molecule has 1 aliphatic rings. The lowest BCUT2D eigenvalue weighted by Crippen LogP contribution is -2.43. The number of hydrogen-bond acceptors (Lipinski definition) is 3. The summed E-state index contributed by atoms with van der Waals surface area (Å²) >= 11 is 1.76. The summed E-state index contributed by atoms with van der Waals surface area (Å²) < 4.78 is 0. The normalized spacial score (nSPS) is 20.2. The molecule has 1 N–H and O–H groups in total. The molecule has 80 valence electrons. The van der Waals surface area contributed by atoms with Crippen molar-refractivity contribution in [3.8, 4) is 0 Å². The molecule has 1 atom stereocenters. The Bertz CT molecular complexity index is 336. The number of para-hydroxylation sites is 1. The van der Waals surface area contributed by atoms with E-state index in [9.17, 15) is 4.79 Å². The highest BCUT2D eigenvalue weighted by Gasteiger charge is 2.25. The van der Waals surface area contributed by atoms with Crippen molar-refractivity contribution in [2.45, 2.75) is 6.04 Å².